The largest absolute Gasteiger partial charge is 0.395 e. The summed E-state index contributed by atoms with van der Waals surface area (Å²) in [7, 11) is -2.69. The Morgan fingerprint density at radius 3 is 2.70 bits per heavy atom. The van der Waals surface area contributed by atoms with E-state index < -0.39 is 20.7 Å². The van der Waals surface area contributed by atoms with Gasteiger partial charge >= 0.3 is 0 Å². The molecule has 20 heavy (non-hydrogen) atoms. The molecule has 0 heterocycles. The van der Waals surface area contributed by atoms with Crippen LogP contribution in [0.5, 0.6) is 0 Å². The fourth-order valence-electron chi connectivity index (χ4n) is 1.41. The molecule has 0 amide bonds. The van der Waals surface area contributed by atoms with E-state index in [2.05, 4.69) is 15.9 Å². The molecule has 1 rings (SSSR count). The van der Waals surface area contributed by atoms with Crippen molar-refractivity contribution in [2.24, 2.45) is 0 Å². The van der Waals surface area contributed by atoms with Crippen molar-refractivity contribution >= 4 is 43.2 Å². The van der Waals surface area contributed by atoms with Crippen molar-refractivity contribution in [2.45, 2.75) is 11.8 Å². The number of benzene rings is 1. The third-order valence-corrected chi connectivity index (χ3v) is 5.84. The Morgan fingerprint density at radius 2 is 2.15 bits per heavy atom. The van der Waals surface area contributed by atoms with Crippen molar-refractivity contribution < 1.29 is 17.5 Å². The van der Waals surface area contributed by atoms with Gasteiger partial charge < -0.3 is 10.5 Å². The molecule has 0 aromatic heterocycles. The van der Waals surface area contributed by atoms with E-state index in [-0.39, 0.29) is 28.3 Å². The number of rotatable bonds is 6. The van der Waals surface area contributed by atoms with Crippen molar-refractivity contribution in [3.05, 3.63) is 21.4 Å². The van der Waals surface area contributed by atoms with E-state index in [1.807, 2.05) is 0 Å². The Hall–Kier alpha value is -0.410. The van der Waals surface area contributed by atoms with E-state index in [0.717, 1.165) is 10.4 Å². The molecule has 9 heteroatoms. The third kappa shape index (κ3) is 3.62. The van der Waals surface area contributed by atoms with Gasteiger partial charge in [-0.2, -0.15) is 4.31 Å². The van der Waals surface area contributed by atoms with Gasteiger partial charge in [-0.05, 0) is 28.9 Å². The molecule has 0 atom stereocenters. The molecule has 0 aliphatic heterocycles. The molecular weight excluding hydrogens is 375 g/mol. The van der Waals surface area contributed by atoms with Crippen LogP contribution in [-0.2, 0) is 14.8 Å². The molecule has 0 aliphatic carbocycles. The molecule has 0 fully saturated rings. The molecule has 0 aliphatic rings. The molecule has 2 N–H and O–H groups in total. The molecule has 0 radical (unpaired) electrons. The van der Waals surface area contributed by atoms with Crippen molar-refractivity contribution in [3.8, 4) is 0 Å². The van der Waals surface area contributed by atoms with Gasteiger partial charge in [0.05, 0.1) is 21.8 Å². The van der Waals surface area contributed by atoms with Gasteiger partial charge in [0.15, 0.2) is 5.82 Å². The maximum Gasteiger partial charge on any atom is 0.245 e. The Kier molecular flexibility index (Phi) is 6.21. The molecule has 5 nitrogen and oxygen atoms in total. The standard InChI is InChI=1S/C11H15BrClFN2O3S/c1-3-19-5-4-16(2)20(17,18)8-6-7(13)9(12)11(15)10(8)14/h6H,3-5,15H2,1-2H3. The Balaban J connectivity index is 3.16. The van der Waals surface area contributed by atoms with Gasteiger partial charge in [0.2, 0.25) is 10.0 Å². The van der Waals surface area contributed by atoms with Crippen molar-refractivity contribution in [3.63, 3.8) is 0 Å². The highest BCUT2D eigenvalue weighted by Crippen LogP contribution is 2.35. The topological polar surface area (TPSA) is 72.6 Å². The molecular formula is C11H15BrClFN2O3S. The molecule has 0 unspecified atom stereocenters. The summed E-state index contributed by atoms with van der Waals surface area (Å²) in [5.74, 6) is -1.02. The second-order valence-electron chi connectivity index (χ2n) is 3.92. The summed E-state index contributed by atoms with van der Waals surface area (Å²) in [6.07, 6.45) is 0. The summed E-state index contributed by atoms with van der Waals surface area (Å²) in [6, 6.07) is 1.03. The minimum Gasteiger partial charge on any atom is -0.395 e. The highest BCUT2D eigenvalue weighted by molar-refractivity contribution is 9.10. The van der Waals surface area contributed by atoms with Crippen LogP contribution in [0.2, 0.25) is 5.02 Å². The molecule has 0 spiro atoms. The lowest BCUT2D eigenvalue weighted by atomic mass is 10.3. The summed E-state index contributed by atoms with van der Waals surface area (Å²) in [5, 5.41) is 0.0284. The molecule has 1 aromatic carbocycles. The maximum atomic E-state index is 14.0. The van der Waals surface area contributed by atoms with Crippen molar-refractivity contribution in [1.82, 2.24) is 4.31 Å². The summed E-state index contributed by atoms with van der Waals surface area (Å²) >= 11 is 8.82. The monoisotopic (exact) mass is 388 g/mol. The molecule has 0 bridgehead atoms. The number of anilines is 1. The average molecular weight is 390 g/mol. The van der Waals surface area contributed by atoms with E-state index in [9.17, 15) is 12.8 Å². The number of nitrogens with zero attached hydrogens (tertiary/aromatic N) is 1. The summed E-state index contributed by atoms with van der Waals surface area (Å²) in [6.45, 7) is 2.58. The summed E-state index contributed by atoms with van der Waals surface area (Å²) in [5.41, 5.74) is 5.15. The van der Waals surface area contributed by atoms with Gasteiger partial charge in [0.25, 0.3) is 0 Å². The van der Waals surface area contributed by atoms with E-state index in [0.29, 0.717) is 6.61 Å². The van der Waals surface area contributed by atoms with Crippen LogP contribution in [0.1, 0.15) is 6.92 Å². The highest BCUT2D eigenvalue weighted by atomic mass is 79.9. The van der Waals surface area contributed by atoms with Crippen LogP contribution in [0.15, 0.2) is 15.4 Å². The van der Waals surface area contributed by atoms with E-state index in [1.54, 1.807) is 6.92 Å². The molecule has 0 saturated heterocycles. The zero-order valence-electron chi connectivity index (χ0n) is 11.0. The van der Waals surface area contributed by atoms with Crippen LogP contribution in [0.25, 0.3) is 0 Å². The van der Waals surface area contributed by atoms with Crippen LogP contribution in [-0.4, -0.2) is 39.5 Å². The lowest BCUT2D eigenvalue weighted by molar-refractivity contribution is 0.138. The van der Waals surface area contributed by atoms with Crippen LogP contribution in [0.3, 0.4) is 0 Å². The highest BCUT2D eigenvalue weighted by Gasteiger charge is 2.27. The fraction of sp³-hybridized carbons (Fsp3) is 0.455. The smallest absolute Gasteiger partial charge is 0.245 e. The van der Waals surface area contributed by atoms with E-state index in [1.165, 1.54) is 7.05 Å². The number of ether oxygens (including phenoxy) is 1. The van der Waals surface area contributed by atoms with Crippen LogP contribution in [0, 0.1) is 5.82 Å². The predicted molar refractivity (Wildman–Crippen MR) is 79.8 cm³/mol. The normalized spacial score (nSPS) is 12.1. The Labute approximate surface area is 131 Å². The fourth-order valence-corrected chi connectivity index (χ4v) is 3.23. The van der Waals surface area contributed by atoms with E-state index in [4.69, 9.17) is 22.1 Å². The van der Waals surface area contributed by atoms with E-state index >= 15 is 0 Å². The first kappa shape index (κ1) is 17.6. The summed E-state index contributed by atoms with van der Waals surface area (Å²) in [4.78, 5) is -0.554. The van der Waals surface area contributed by atoms with Gasteiger partial charge in [0.1, 0.15) is 4.90 Å². The van der Waals surface area contributed by atoms with Gasteiger partial charge in [-0.3, -0.25) is 0 Å². The van der Waals surface area contributed by atoms with Gasteiger partial charge in [0, 0.05) is 20.2 Å². The number of nitrogen functional groups attached to an aromatic ring is 1. The number of hydrogen-bond acceptors (Lipinski definition) is 4. The maximum absolute atomic E-state index is 14.0. The quantitative estimate of drug-likeness (QED) is 0.461. The molecule has 114 valence electrons. The lowest BCUT2D eigenvalue weighted by Gasteiger charge is -2.18. The number of likely N-dealkylation sites (N-methyl/N-ethyl adjacent to an activating group) is 1. The third-order valence-electron chi connectivity index (χ3n) is 2.60. The van der Waals surface area contributed by atoms with Crippen LogP contribution >= 0.6 is 27.5 Å². The first-order chi connectivity index (χ1) is 9.23. The van der Waals surface area contributed by atoms with Crippen molar-refractivity contribution in [2.75, 3.05) is 32.5 Å². The number of hydrogen-bond donors (Lipinski definition) is 1. The number of nitrogens with two attached hydrogens (primary N) is 1. The van der Waals surface area contributed by atoms with Gasteiger partial charge in [-0.25, -0.2) is 12.8 Å². The van der Waals surface area contributed by atoms with Crippen LogP contribution in [0.4, 0.5) is 10.1 Å². The van der Waals surface area contributed by atoms with Gasteiger partial charge in [-0.15, -0.1) is 0 Å². The number of sulfonamides is 1. The predicted octanol–water partition coefficient (Wildman–Crippen LogP) is 2.48. The average Bonchev–Trinajstić information content (AvgIpc) is 2.40. The molecule has 1 aromatic rings. The SMILES string of the molecule is CCOCCN(C)S(=O)(=O)c1cc(Cl)c(Br)c(N)c1F. The Bertz CT molecular complexity index is 598. The second kappa shape index (κ2) is 7.04. The minimum absolute atomic E-state index is 0.0284. The molecule has 0 saturated carbocycles. The van der Waals surface area contributed by atoms with Crippen LogP contribution < -0.4 is 5.73 Å². The zero-order chi connectivity index (χ0) is 15.5. The van der Waals surface area contributed by atoms with Crippen molar-refractivity contribution in [1.29, 1.82) is 0 Å². The van der Waals surface area contributed by atoms with Gasteiger partial charge in [-0.1, -0.05) is 11.6 Å². The Morgan fingerprint density at radius 1 is 1.55 bits per heavy atom. The number of halogens is 3. The first-order valence-electron chi connectivity index (χ1n) is 5.70. The first-order valence-corrected chi connectivity index (χ1v) is 8.31. The second-order valence-corrected chi connectivity index (χ2v) is 7.14. The minimum atomic E-state index is -4.02. The zero-order valence-corrected chi connectivity index (χ0v) is 14.1. The lowest BCUT2D eigenvalue weighted by Crippen LogP contribution is -2.31. The summed E-state index contributed by atoms with van der Waals surface area (Å²) < 4.78 is 44.8.